The second-order valence-electron chi connectivity index (χ2n) is 7.29. The van der Waals surface area contributed by atoms with Crippen molar-refractivity contribution in [2.45, 2.75) is 26.2 Å². The number of carbonyl (C=O) groups excluding carboxylic acids is 1. The minimum absolute atomic E-state index is 0.0301. The molecule has 26 heavy (non-hydrogen) atoms. The highest BCUT2D eigenvalue weighted by Gasteiger charge is 2.36. The number of benzene rings is 1. The molecule has 1 aromatic carbocycles. The van der Waals surface area contributed by atoms with Crippen LogP contribution in [0.2, 0.25) is 0 Å². The van der Waals surface area contributed by atoms with Crippen LogP contribution in [-0.2, 0) is 6.42 Å². The number of aryl methyl sites for hydroxylation is 1. The predicted molar refractivity (Wildman–Crippen MR) is 103 cm³/mol. The van der Waals surface area contributed by atoms with Crippen molar-refractivity contribution in [2.75, 3.05) is 13.1 Å². The molecular weight excluding hydrogens is 344 g/mol. The van der Waals surface area contributed by atoms with Crippen molar-refractivity contribution in [3.05, 3.63) is 65.4 Å². The van der Waals surface area contributed by atoms with Gasteiger partial charge in [0.2, 0.25) is 0 Å². The zero-order valence-corrected chi connectivity index (χ0v) is 15.7. The highest BCUT2D eigenvalue weighted by molar-refractivity contribution is 7.13. The van der Waals surface area contributed by atoms with E-state index < -0.39 is 0 Å². The van der Waals surface area contributed by atoms with Crippen LogP contribution in [0.4, 0.5) is 0 Å². The molecule has 1 saturated heterocycles. The lowest BCUT2D eigenvalue weighted by molar-refractivity contribution is 0.0769. The van der Waals surface area contributed by atoms with E-state index in [4.69, 9.17) is 4.42 Å². The molecule has 4 rings (SSSR count). The van der Waals surface area contributed by atoms with Gasteiger partial charge in [-0.1, -0.05) is 37.3 Å². The lowest BCUT2D eigenvalue weighted by atomic mass is 9.83. The Balaban J connectivity index is 1.39. The molecule has 0 unspecified atom stereocenters. The van der Waals surface area contributed by atoms with Gasteiger partial charge < -0.3 is 9.32 Å². The Hall–Kier alpha value is -2.40. The topological polar surface area (TPSA) is 46.3 Å². The van der Waals surface area contributed by atoms with Crippen LogP contribution < -0.4 is 0 Å². The molecule has 1 aliphatic rings. The van der Waals surface area contributed by atoms with Gasteiger partial charge in [0.25, 0.3) is 5.91 Å². The number of thiazole rings is 1. The van der Waals surface area contributed by atoms with Crippen molar-refractivity contribution in [3.63, 3.8) is 0 Å². The number of carbonyl (C=O) groups is 1. The standard InChI is InChI=1S/C21H22N2O2S/c1-21(10-9-16-6-3-2-4-7-16)11-12-23(15-21)20(24)17-14-26-19(22-17)18-8-5-13-25-18/h2-8,13-14H,9-12,15H2,1H3/t21-/m0/s1. The Labute approximate surface area is 157 Å². The minimum Gasteiger partial charge on any atom is -0.462 e. The summed E-state index contributed by atoms with van der Waals surface area (Å²) in [6, 6.07) is 14.3. The summed E-state index contributed by atoms with van der Waals surface area (Å²) in [5.41, 5.74) is 2.06. The summed E-state index contributed by atoms with van der Waals surface area (Å²) >= 11 is 1.45. The number of aromatic nitrogens is 1. The summed E-state index contributed by atoms with van der Waals surface area (Å²) in [7, 11) is 0. The van der Waals surface area contributed by atoms with Gasteiger partial charge in [0.05, 0.1) is 6.26 Å². The Morgan fingerprint density at radius 2 is 2.12 bits per heavy atom. The van der Waals surface area contributed by atoms with Crippen LogP contribution in [0.5, 0.6) is 0 Å². The quantitative estimate of drug-likeness (QED) is 0.646. The molecule has 0 bridgehead atoms. The number of hydrogen-bond donors (Lipinski definition) is 0. The van der Waals surface area contributed by atoms with Crippen LogP contribution in [0.25, 0.3) is 10.8 Å². The van der Waals surface area contributed by atoms with Crippen LogP contribution in [0.15, 0.2) is 58.5 Å². The van der Waals surface area contributed by atoms with Gasteiger partial charge in [-0.15, -0.1) is 11.3 Å². The summed E-state index contributed by atoms with van der Waals surface area (Å²) < 4.78 is 5.37. The third-order valence-electron chi connectivity index (χ3n) is 5.16. The third-order valence-corrected chi connectivity index (χ3v) is 6.02. The van der Waals surface area contributed by atoms with Crippen molar-refractivity contribution in [2.24, 2.45) is 5.41 Å². The molecule has 1 atom stereocenters. The van der Waals surface area contributed by atoms with Gasteiger partial charge in [0.1, 0.15) is 5.69 Å². The lowest BCUT2D eigenvalue weighted by Crippen LogP contribution is -2.31. The highest BCUT2D eigenvalue weighted by Crippen LogP contribution is 2.35. The summed E-state index contributed by atoms with van der Waals surface area (Å²) in [6.45, 7) is 3.89. The molecule has 0 aliphatic carbocycles. The number of furan rings is 1. The van der Waals surface area contributed by atoms with E-state index >= 15 is 0 Å². The molecule has 1 aliphatic heterocycles. The summed E-state index contributed by atoms with van der Waals surface area (Å²) in [5, 5.41) is 2.59. The SMILES string of the molecule is C[C@]1(CCc2ccccc2)CCN(C(=O)c2csc(-c3ccco3)n2)C1. The second-order valence-corrected chi connectivity index (χ2v) is 8.15. The van der Waals surface area contributed by atoms with E-state index in [0.717, 1.165) is 37.4 Å². The molecule has 0 spiro atoms. The van der Waals surface area contributed by atoms with Gasteiger partial charge in [-0.05, 0) is 42.4 Å². The van der Waals surface area contributed by atoms with Gasteiger partial charge in [-0.25, -0.2) is 4.98 Å². The maximum absolute atomic E-state index is 12.8. The molecule has 0 N–H and O–H groups in total. The maximum atomic E-state index is 12.8. The van der Waals surface area contributed by atoms with Crippen molar-refractivity contribution in [1.29, 1.82) is 0 Å². The van der Waals surface area contributed by atoms with Crippen molar-refractivity contribution in [1.82, 2.24) is 9.88 Å². The fourth-order valence-electron chi connectivity index (χ4n) is 3.54. The maximum Gasteiger partial charge on any atom is 0.273 e. The van der Waals surface area contributed by atoms with E-state index in [1.165, 1.54) is 16.9 Å². The van der Waals surface area contributed by atoms with Crippen LogP contribution in [0.1, 0.15) is 35.8 Å². The molecule has 3 heterocycles. The van der Waals surface area contributed by atoms with Gasteiger partial charge in [-0.3, -0.25) is 4.79 Å². The normalized spacial score (nSPS) is 19.8. The molecule has 1 amide bonds. The zero-order chi connectivity index (χ0) is 18.0. The van der Waals surface area contributed by atoms with Crippen LogP contribution >= 0.6 is 11.3 Å². The molecule has 2 aromatic heterocycles. The Bertz CT molecular complexity index is 873. The van der Waals surface area contributed by atoms with E-state index in [2.05, 4.69) is 36.2 Å². The van der Waals surface area contributed by atoms with Crippen molar-refractivity contribution < 1.29 is 9.21 Å². The average Bonchev–Trinajstić information content (AvgIpc) is 3.41. The number of rotatable bonds is 5. The first-order chi connectivity index (χ1) is 12.6. The average molecular weight is 366 g/mol. The van der Waals surface area contributed by atoms with Crippen LogP contribution in [0.3, 0.4) is 0 Å². The number of likely N-dealkylation sites (tertiary alicyclic amines) is 1. The third kappa shape index (κ3) is 3.58. The first-order valence-corrected chi connectivity index (χ1v) is 9.84. The van der Waals surface area contributed by atoms with Gasteiger partial charge in [0, 0.05) is 18.5 Å². The summed E-state index contributed by atoms with van der Waals surface area (Å²) in [4.78, 5) is 19.3. The Kier molecular flexibility index (Phi) is 4.64. The van der Waals surface area contributed by atoms with E-state index in [-0.39, 0.29) is 11.3 Å². The summed E-state index contributed by atoms with van der Waals surface area (Å²) in [5.74, 6) is 0.741. The molecule has 134 valence electrons. The molecule has 4 nitrogen and oxygen atoms in total. The smallest absolute Gasteiger partial charge is 0.273 e. The first-order valence-electron chi connectivity index (χ1n) is 8.96. The molecule has 5 heteroatoms. The minimum atomic E-state index is 0.0301. The fourth-order valence-corrected chi connectivity index (χ4v) is 4.30. The lowest BCUT2D eigenvalue weighted by Gasteiger charge is -2.24. The Morgan fingerprint density at radius 1 is 1.27 bits per heavy atom. The fraction of sp³-hybridized carbons (Fsp3) is 0.333. The van der Waals surface area contributed by atoms with E-state index in [9.17, 15) is 4.79 Å². The highest BCUT2D eigenvalue weighted by atomic mass is 32.1. The molecule has 3 aromatic rings. The van der Waals surface area contributed by atoms with Crippen LogP contribution in [0, 0.1) is 5.41 Å². The molecule has 0 radical (unpaired) electrons. The van der Waals surface area contributed by atoms with Crippen molar-refractivity contribution >= 4 is 17.2 Å². The molecule has 1 fully saturated rings. The van der Waals surface area contributed by atoms with E-state index in [0.29, 0.717) is 11.5 Å². The monoisotopic (exact) mass is 366 g/mol. The van der Waals surface area contributed by atoms with Crippen LogP contribution in [-0.4, -0.2) is 28.9 Å². The molecular formula is C21H22N2O2S. The largest absolute Gasteiger partial charge is 0.462 e. The zero-order valence-electron chi connectivity index (χ0n) is 14.9. The molecule has 0 saturated carbocycles. The number of nitrogens with zero attached hydrogens (tertiary/aromatic N) is 2. The van der Waals surface area contributed by atoms with Crippen molar-refractivity contribution in [3.8, 4) is 10.8 Å². The summed E-state index contributed by atoms with van der Waals surface area (Å²) in [6.07, 6.45) is 4.81. The number of hydrogen-bond acceptors (Lipinski definition) is 4. The first kappa shape index (κ1) is 17.0. The van der Waals surface area contributed by atoms with E-state index in [1.54, 1.807) is 6.26 Å². The van der Waals surface area contributed by atoms with Gasteiger partial charge in [-0.2, -0.15) is 0 Å². The Morgan fingerprint density at radius 3 is 2.88 bits per heavy atom. The van der Waals surface area contributed by atoms with Gasteiger partial charge in [0.15, 0.2) is 10.8 Å². The van der Waals surface area contributed by atoms with Gasteiger partial charge >= 0.3 is 0 Å². The van der Waals surface area contributed by atoms with E-state index in [1.807, 2.05) is 28.5 Å². The number of amides is 1. The second kappa shape index (κ2) is 7.08. The predicted octanol–water partition coefficient (Wildman–Crippen LogP) is 4.89.